The summed E-state index contributed by atoms with van der Waals surface area (Å²) in [6.07, 6.45) is 3.61. The zero-order chi connectivity index (χ0) is 20.3. The Bertz CT molecular complexity index is 836. The van der Waals surface area contributed by atoms with E-state index in [1.54, 1.807) is 13.2 Å². The summed E-state index contributed by atoms with van der Waals surface area (Å²) in [6, 6.07) is 1.83. The van der Waals surface area contributed by atoms with Gasteiger partial charge in [0.2, 0.25) is 5.91 Å². The van der Waals surface area contributed by atoms with E-state index in [2.05, 4.69) is 31.0 Å². The predicted octanol–water partition coefficient (Wildman–Crippen LogP) is 1.88. The minimum Gasteiger partial charge on any atom is -0.446 e. The Morgan fingerprint density at radius 2 is 2.14 bits per heavy atom. The molecule has 0 spiro atoms. The van der Waals surface area contributed by atoms with Crippen LogP contribution in [-0.2, 0) is 23.0 Å². The number of nitrogens with zero attached hydrogens (tertiary/aromatic N) is 4. The fourth-order valence-electron chi connectivity index (χ4n) is 3.25. The van der Waals surface area contributed by atoms with E-state index in [1.807, 2.05) is 26.8 Å². The number of aromatic amines is 1. The van der Waals surface area contributed by atoms with Crippen molar-refractivity contribution in [3.05, 3.63) is 23.7 Å². The number of nitrogens with one attached hydrogen (secondary N) is 3. The van der Waals surface area contributed by atoms with Gasteiger partial charge >= 0.3 is 6.09 Å². The van der Waals surface area contributed by atoms with Crippen molar-refractivity contribution in [3.63, 3.8) is 0 Å². The lowest BCUT2D eigenvalue weighted by molar-refractivity contribution is -0.115. The largest absolute Gasteiger partial charge is 0.446 e. The smallest absolute Gasteiger partial charge is 0.407 e. The maximum Gasteiger partial charge on any atom is 0.407 e. The summed E-state index contributed by atoms with van der Waals surface area (Å²) >= 11 is 0. The van der Waals surface area contributed by atoms with Crippen molar-refractivity contribution in [2.24, 2.45) is 7.05 Å². The first-order chi connectivity index (χ1) is 13.2. The molecule has 0 radical (unpaired) electrons. The monoisotopic (exact) mass is 389 g/mol. The second-order valence-corrected chi connectivity index (χ2v) is 8.17. The number of hydrogen-bond donors (Lipinski definition) is 3. The number of H-pyrrole nitrogens is 1. The molecule has 1 aliphatic rings. The molecule has 1 saturated carbocycles. The van der Waals surface area contributed by atoms with Gasteiger partial charge in [-0.2, -0.15) is 20.1 Å². The van der Waals surface area contributed by atoms with Crippen molar-refractivity contribution in [3.8, 4) is 0 Å². The summed E-state index contributed by atoms with van der Waals surface area (Å²) in [7, 11) is 1.70. The molecule has 0 unspecified atom stereocenters. The molecular formula is C18H27N7O3. The zero-order valence-corrected chi connectivity index (χ0v) is 16.7. The van der Waals surface area contributed by atoms with Gasteiger partial charge in [0.25, 0.3) is 0 Å². The number of carbonyl (C=O) groups excluding carboxylic acids is 2. The van der Waals surface area contributed by atoms with E-state index in [4.69, 9.17) is 4.74 Å². The molecule has 0 saturated heterocycles. The Balaban J connectivity index is 1.49. The van der Waals surface area contributed by atoms with E-state index in [0.29, 0.717) is 11.5 Å². The minimum absolute atomic E-state index is 0.120. The first-order valence-corrected chi connectivity index (χ1v) is 9.37. The van der Waals surface area contributed by atoms with Crippen molar-refractivity contribution < 1.29 is 14.3 Å². The highest BCUT2D eigenvalue weighted by Crippen LogP contribution is 2.35. The molecule has 152 valence electrons. The molecule has 2 atom stereocenters. The van der Waals surface area contributed by atoms with Crippen LogP contribution in [0, 0.1) is 0 Å². The molecular weight excluding hydrogens is 362 g/mol. The van der Waals surface area contributed by atoms with E-state index in [1.165, 1.54) is 4.80 Å². The van der Waals surface area contributed by atoms with Crippen LogP contribution in [0.25, 0.3) is 0 Å². The SMILES string of the molecule is Cn1ncc(CC(=O)Nc2cc([C@H]3CC[C@@H](OC(=O)NC(C)(C)C)C3)[nH]n2)n1. The summed E-state index contributed by atoms with van der Waals surface area (Å²) in [5.74, 6) is 0.481. The molecule has 1 fully saturated rings. The van der Waals surface area contributed by atoms with Crippen LogP contribution in [0.2, 0.25) is 0 Å². The van der Waals surface area contributed by atoms with Crippen molar-refractivity contribution in [2.45, 2.75) is 64.0 Å². The van der Waals surface area contributed by atoms with Gasteiger partial charge in [0, 0.05) is 30.3 Å². The van der Waals surface area contributed by atoms with Crippen LogP contribution in [0.1, 0.15) is 57.3 Å². The molecule has 1 aliphatic carbocycles. The van der Waals surface area contributed by atoms with E-state index in [0.717, 1.165) is 25.0 Å². The van der Waals surface area contributed by atoms with Gasteiger partial charge in [0.15, 0.2) is 5.82 Å². The summed E-state index contributed by atoms with van der Waals surface area (Å²) in [6.45, 7) is 5.74. The Hall–Kier alpha value is -2.91. The lowest BCUT2D eigenvalue weighted by Crippen LogP contribution is -2.42. The first kappa shape index (κ1) is 19.8. The van der Waals surface area contributed by atoms with Crippen molar-refractivity contribution >= 4 is 17.8 Å². The molecule has 10 nitrogen and oxygen atoms in total. The second-order valence-electron chi connectivity index (χ2n) is 8.17. The average Bonchev–Trinajstić information content (AvgIpc) is 3.27. The summed E-state index contributed by atoms with van der Waals surface area (Å²) < 4.78 is 5.51. The number of carbonyl (C=O) groups is 2. The molecule has 0 bridgehead atoms. The molecule has 28 heavy (non-hydrogen) atoms. The van der Waals surface area contributed by atoms with E-state index in [9.17, 15) is 9.59 Å². The molecule has 10 heteroatoms. The normalized spacial score (nSPS) is 19.4. The summed E-state index contributed by atoms with van der Waals surface area (Å²) in [4.78, 5) is 25.4. The van der Waals surface area contributed by atoms with E-state index < -0.39 is 0 Å². The molecule has 0 aliphatic heterocycles. The third kappa shape index (κ3) is 5.54. The number of aryl methyl sites for hydroxylation is 1. The second kappa shape index (κ2) is 7.99. The topological polar surface area (TPSA) is 127 Å². The molecule has 2 aromatic heterocycles. The van der Waals surface area contributed by atoms with E-state index >= 15 is 0 Å². The number of rotatable bonds is 5. The molecule has 2 amide bonds. The number of hydrogen-bond acceptors (Lipinski definition) is 6. The van der Waals surface area contributed by atoms with Crippen LogP contribution in [-0.4, -0.2) is 48.8 Å². The maximum absolute atomic E-state index is 12.1. The first-order valence-electron chi connectivity index (χ1n) is 9.37. The molecule has 2 aromatic rings. The highest BCUT2D eigenvalue weighted by molar-refractivity contribution is 5.91. The molecule has 0 aromatic carbocycles. The van der Waals surface area contributed by atoms with Crippen LogP contribution in [0.4, 0.5) is 10.6 Å². The Morgan fingerprint density at radius 1 is 1.36 bits per heavy atom. The van der Waals surface area contributed by atoms with Crippen LogP contribution in [0.3, 0.4) is 0 Å². The van der Waals surface area contributed by atoms with Crippen LogP contribution < -0.4 is 10.6 Å². The van der Waals surface area contributed by atoms with E-state index in [-0.39, 0.29) is 36.0 Å². The maximum atomic E-state index is 12.1. The number of amides is 2. The fraction of sp³-hybridized carbons (Fsp3) is 0.611. The van der Waals surface area contributed by atoms with Gasteiger partial charge in [-0.1, -0.05) is 0 Å². The quantitative estimate of drug-likeness (QED) is 0.717. The Labute approximate surface area is 163 Å². The number of anilines is 1. The van der Waals surface area contributed by atoms with Gasteiger partial charge < -0.3 is 15.4 Å². The molecule has 3 N–H and O–H groups in total. The summed E-state index contributed by atoms with van der Waals surface area (Å²) in [5, 5.41) is 20.7. The standard InChI is InChI=1S/C18H27N7O3/c1-18(2,3)21-17(27)28-13-6-5-11(7-13)14-9-15(23-22-14)20-16(26)8-12-10-19-25(4)24-12/h9-11,13H,5-8H2,1-4H3,(H,21,27)(H2,20,22,23,26)/t11-,13+/m0/s1. The lowest BCUT2D eigenvalue weighted by Gasteiger charge is -2.22. The van der Waals surface area contributed by atoms with Gasteiger partial charge in [0.05, 0.1) is 18.3 Å². The zero-order valence-electron chi connectivity index (χ0n) is 16.7. The van der Waals surface area contributed by atoms with Crippen LogP contribution >= 0.6 is 0 Å². The van der Waals surface area contributed by atoms with Crippen LogP contribution in [0.15, 0.2) is 12.3 Å². The Kier molecular flexibility index (Phi) is 5.66. The predicted molar refractivity (Wildman–Crippen MR) is 102 cm³/mol. The van der Waals surface area contributed by atoms with Crippen molar-refractivity contribution in [2.75, 3.05) is 5.32 Å². The molecule has 3 rings (SSSR count). The lowest BCUT2D eigenvalue weighted by atomic mass is 10.0. The molecule has 2 heterocycles. The fourth-order valence-corrected chi connectivity index (χ4v) is 3.25. The Morgan fingerprint density at radius 3 is 2.82 bits per heavy atom. The van der Waals surface area contributed by atoms with Gasteiger partial charge in [-0.15, -0.1) is 0 Å². The average molecular weight is 389 g/mol. The minimum atomic E-state index is -0.389. The van der Waals surface area contributed by atoms with Gasteiger partial charge in [-0.3, -0.25) is 9.89 Å². The number of alkyl carbamates (subject to hydrolysis) is 1. The van der Waals surface area contributed by atoms with Gasteiger partial charge in [-0.05, 0) is 40.0 Å². The van der Waals surface area contributed by atoms with Crippen molar-refractivity contribution in [1.29, 1.82) is 0 Å². The summed E-state index contributed by atoms with van der Waals surface area (Å²) in [5.41, 5.74) is 1.20. The number of aromatic nitrogens is 5. The highest BCUT2D eigenvalue weighted by atomic mass is 16.6. The third-order valence-electron chi connectivity index (χ3n) is 4.43. The third-order valence-corrected chi connectivity index (χ3v) is 4.43. The van der Waals surface area contributed by atoms with Crippen LogP contribution in [0.5, 0.6) is 0 Å². The van der Waals surface area contributed by atoms with Crippen molar-refractivity contribution in [1.82, 2.24) is 30.5 Å². The van der Waals surface area contributed by atoms with Gasteiger partial charge in [-0.25, -0.2) is 4.79 Å². The van der Waals surface area contributed by atoms with Gasteiger partial charge in [0.1, 0.15) is 6.10 Å². The highest BCUT2D eigenvalue weighted by Gasteiger charge is 2.30. The number of ether oxygens (including phenoxy) is 1.